The molecule has 146 valence electrons. The highest BCUT2D eigenvalue weighted by molar-refractivity contribution is 5.55. The first kappa shape index (κ1) is 20.0. The SMILES string of the molecule is CCCCCCCCCCC1CCc2nc(-c3ccc(C)cc3)ncc2C1. The van der Waals surface area contributed by atoms with Gasteiger partial charge in [0.05, 0.1) is 0 Å². The van der Waals surface area contributed by atoms with E-state index < -0.39 is 0 Å². The second-order valence-electron chi connectivity index (χ2n) is 8.40. The van der Waals surface area contributed by atoms with Crippen molar-refractivity contribution in [1.29, 1.82) is 0 Å². The van der Waals surface area contributed by atoms with Gasteiger partial charge < -0.3 is 0 Å². The Balaban J connectivity index is 1.43. The summed E-state index contributed by atoms with van der Waals surface area (Å²) in [5.74, 6) is 1.72. The summed E-state index contributed by atoms with van der Waals surface area (Å²) in [4.78, 5) is 9.54. The number of hydrogen-bond acceptors (Lipinski definition) is 2. The minimum absolute atomic E-state index is 0.839. The molecule has 1 unspecified atom stereocenters. The van der Waals surface area contributed by atoms with Crippen LogP contribution >= 0.6 is 0 Å². The number of fused-ring (bicyclic) bond motifs is 1. The maximum Gasteiger partial charge on any atom is 0.159 e. The summed E-state index contributed by atoms with van der Waals surface area (Å²) < 4.78 is 0. The van der Waals surface area contributed by atoms with Crippen molar-refractivity contribution in [3.63, 3.8) is 0 Å². The lowest BCUT2D eigenvalue weighted by Gasteiger charge is -2.24. The van der Waals surface area contributed by atoms with Crippen LogP contribution in [0.2, 0.25) is 0 Å². The highest BCUT2D eigenvalue weighted by Gasteiger charge is 2.20. The van der Waals surface area contributed by atoms with Crippen LogP contribution in [0.15, 0.2) is 30.5 Å². The molecule has 2 nitrogen and oxygen atoms in total. The number of benzene rings is 1. The van der Waals surface area contributed by atoms with Gasteiger partial charge in [-0.25, -0.2) is 9.97 Å². The van der Waals surface area contributed by atoms with Crippen LogP contribution in [-0.2, 0) is 12.8 Å². The van der Waals surface area contributed by atoms with E-state index in [4.69, 9.17) is 4.98 Å². The normalized spacial score (nSPS) is 16.3. The first-order chi connectivity index (χ1) is 13.3. The molecule has 27 heavy (non-hydrogen) atoms. The van der Waals surface area contributed by atoms with Crippen LogP contribution in [0, 0.1) is 12.8 Å². The lowest BCUT2D eigenvalue weighted by molar-refractivity contribution is 0.399. The summed E-state index contributed by atoms with van der Waals surface area (Å²) in [5, 5.41) is 0. The summed E-state index contributed by atoms with van der Waals surface area (Å²) in [6.45, 7) is 4.40. The first-order valence-corrected chi connectivity index (χ1v) is 11.2. The Morgan fingerprint density at radius 2 is 1.63 bits per heavy atom. The molecule has 2 aromatic rings. The van der Waals surface area contributed by atoms with E-state index >= 15 is 0 Å². The summed E-state index contributed by atoms with van der Waals surface area (Å²) in [6, 6.07) is 8.53. The minimum Gasteiger partial charge on any atom is -0.236 e. The van der Waals surface area contributed by atoms with Gasteiger partial charge in [0.25, 0.3) is 0 Å². The molecule has 3 rings (SSSR count). The Morgan fingerprint density at radius 1 is 0.926 bits per heavy atom. The lowest BCUT2D eigenvalue weighted by atomic mass is 9.84. The number of aromatic nitrogens is 2. The molecule has 0 N–H and O–H groups in total. The highest BCUT2D eigenvalue weighted by atomic mass is 14.9. The fourth-order valence-corrected chi connectivity index (χ4v) is 4.24. The maximum atomic E-state index is 4.88. The molecule has 1 aromatic heterocycles. The van der Waals surface area contributed by atoms with Crippen LogP contribution < -0.4 is 0 Å². The fraction of sp³-hybridized carbons (Fsp3) is 0.600. The number of unbranched alkanes of at least 4 members (excludes halogenated alkanes) is 7. The monoisotopic (exact) mass is 364 g/mol. The third-order valence-electron chi connectivity index (χ3n) is 6.03. The number of aryl methyl sites for hydroxylation is 2. The minimum atomic E-state index is 0.839. The smallest absolute Gasteiger partial charge is 0.159 e. The van der Waals surface area contributed by atoms with Gasteiger partial charge >= 0.3 is 0 Å². The van der Waals surface area contributed by atoms with E-state index in [2.05, 4.69) is 49.3 Å². The zero-order valence-electron chi connectivity index (χ0n) is 17.3. The summed E-state index contributed by atoms with van der Waals surface area (Å²) in [6.07, 6.45) is 18.4. The zero-order valence-corrected chi connectivity index (χ0v) is 17.3. The largest absolute Gasteiger partial charge is 0.236 e. The van der Waals surface area contributed by atoms with Gasteiger partial charge in [-0.1, -0.05) is 94.5 Å². The molecule has 0 aliphatic heterocycles. The second kappa shape index (κ2) is 10.6. The third-order valence-corrected chi connectivity index (χ3v) is 6.03. The van der Waals surface area contributed by atoms with Gasteiger partial charge in [0, 0.05) is 17.5 Å². The van der Waals surface area contributed by atoms with Gasteiger partial charge in [0.2, 0.25) is 0 Å². The summed E-state index contributed by atoms with van der Waals surface area (Å²) >= 11 is 0. The van der Waals surface area contributed by atoms with Crippen LogP contribution in [-0.4, -0.2) is 9.97 Å². The van der Waals surface area contributed by atoms with E-state index in [0.29, 0.717) is 0 Å². The number of hydrogen-bond donors (Lipinski definition) is 0. The van der Waals surface area contributed by atoms with E-state index in [1.807, 2.05) is 0 Å². The van der Waals surface area contributed by atoms with E-state index in [1.54, 1.807) is 0 Å². The molecule has 1 atom stereocenters. The molecule has 1 aliphatic carbocycles. The molecule has 0 saturated heterocycles. The van der Waals surface area contributed by atoms with E-state index in [-0.39, 0.29) is 0 Å². The second-order valence-corrected chi connectivity index (χ2v) is 8.40. The van der Waals surface area contributed by atoms with Crippen molar-refractivity contribution in [2.45, 2.75) is 90.9 Å². The average Bonchev–Trinajstić information content (AvgIpc) is 2.70. The fourth-order valence-electron chi connectivity index (χ4n) is 4.24. The van der Waals surface area contributed by atoms with Crippen molar-refractivity contribution in [1.82, 2.24) is 9.97 Å². The Morgan fingerprint density at radius 3 is 2.37 bits per heavy atom. The Kier molecular flexibility index (Phi) is 7.86. The highest BCUT2D eigenvalue weighted by Crippen LogP contribution is 2.29. The van der Waals surface area contributed by atoms with Crippen LogP contribution in [0.4, 0.5) is 0 Å². The quantitative estimate of drug-likeness (QED) is 0.421. The lowest BCUT2D eigenvalue weighted by Crippen LogP contribution is -2.16. The van der Waals surface area contributed by atoms with Crippen LogP contribution in [0.25, 0.3) is 11.4 Å². The molecule has 0 saturated carbocycles. The average molecular weight is 365 g/mol. The number of nitrogens with zero attached hydrogens (tertiary/aromatic N) is 2. The van der Waals surface area contributed by atoms with Gasteiger partial charge in [-0.05, 0) is 37.7 Å². The molecule has 0 bridgehead atoms. The topological polar surface area (TPSA) is 25.8 Å². The van der Waals surface area contributed by atoms with Gasteiger partial charge in [-0.2, -0.15) is 0 Å². The van der Waals surface area contributed by atoms with Gasteiger partial charge in [-0.3, -0.25) is 0 Å². The Bertz CT molecular complexity index is 690. The van der Waals surface area contributed by atoms with Crippen molar-refractivity contribution in [3.8, 4) is 11.4 Å². The molecule has 0 fully saturated rings. The molecule has 0 radical (unpaired) electrons. The Labute approximate surface area is 165 Å². The molecular formula is C25H36N2. The molecule has 2 heteroatoms. The maximum absolute atomic E-state index is 4.88. The van der Waals surface area contributed by atoms with Crippen molar-refractivity contribution in [2.24, 2.45) is 5.92 Å². The Hall–Kier alpha value is -1.70. The van der Waals surface area contributed by atoms with Crippen molar-refractivity contribution < 1.29 is 0 Å². The molecule has 1 aromatic carbocycles. The van der Waals surface area contributed by atoms with Crippen LogP contribution in [0.1, 0.15) is 88.0 Å². The number of rotatable bonds is 10. The molecule has 0 amide bonds. The molecule has 0 spiro atoms. The van der Waals surface area contributed by atoms with Gasteiger partial charge in [0.15, 0.2) is 5.82 Å². The van der Waals surface area contributed by atoms with E-state index in [9.17, 15) is 0 Å². The van der Waals surface area contributed by atoms with E-state index in [1.165, 1.54) is 87.4 Å². The first-order valence-electron chi connectivity index (χ1n) is 11.2. The zero-order chi connectivity index (χ0) is 18.9. The predicted molar refractivity (Wildman–Crippen MR) is 115 cm³/mol. The third kappa shape index (κ3) is 6.16. The molecule has 1 heterocycles. The standard InChI is InChI=1S/C25H36N2/c1-3-4-5-6-7-8-9-10-11-21-14-17-24-23(18-21)19-26-25(27-24)22-15-12-20(2)13-16-22/h12-13,15-16,19,21H,3-11,14,17-18H2,1-2H3. The van der Waals surface area contributed by atoms with E-state index in [0.717, 1.165) is 23.7 Å². The van der Waals surface area contributed by atoms with Gasteiger partial charge in [-0.15, -0.1) is 0 Å². The van der Waals surface area contributed by atoms with Crippen molar-refractivity contribution >= 4 is 0 Å². The molecular weight excluding hydrogens is 328 g/mol. The predicted octanol–water partition coefficient (Wildman–Crippen LogP) is 7.09. The van der Waals surface area contributed by atoms with Crippen LogP contribution in [0.5, 0.6) is 0 Å². The summed E-state index contributed by atoms with van der Waals surface area (Å²) in [5.41, 5.74) is 5.08. The summed E-state index contributed by atoms with van der Waals surface area (Å²) in [7, 11) is 0. The molecule has 1 aliphatic rings. The van der Waals surface area contributed by atoms with Crippen molar-refractivity contribution in [3.05, 3.63) is 47.3 Å². The van der Waals surface area contributed by atoms with Gasteiger partial charge in [0.1, 0.15) is 0 Å². The van der Waals surface area contributed by atoms with Crippen LogP contribution in [0.3, 0.4) is 0 Å². The van der Waals surface area contributed by atoms with Crippen molar-refractivity contribution in [2.75, 3.05) is 0 Å².